The van der Waals surface area contributed by atoms with Gasteiger partial charge >= 0.3 is 12.1 Å². The summed E-state index contributed by atoms with van der Waals surface area (Å²) >= 11 is 0. The number of esters is 1. The topological polar surface area (TPSA) is 84.9 Å². The number of carbonyl (C=O) groups is 3. The second kappa shape index (κ2) is 9.71. The van der Waals surface area contributed by atoms with E-state index in [4.69, 9.17) is 9.47 Å². The lowest BCUT2D eigenvalue weighted by Gasteiger charge is -2.17. The second-order valence-electron chi connectivity index (χ2n) is 7.07. The van der Waals surface area contributed by atoms with Gasteiger partial charge in [0.25, 0.3) is 5.91 Å². The fourth-order valence-electron chi connectivity index (χ4n) is 3.23. The van der Waals surface area contributed by atoms with E-state index in [1.54, 1.807) is 24.3 Å². The van der Waals surface area contributed by atoms with Crippen LogP contribution in [0.25, 0.3) is 0 Å². The number of benzene rings is 2. The van der Waals surface area contributed by atoms with E-state index in [1.807, 2.05) is 6.92 Å². The summed E-state index contributed by atoms with van der Waals surface area (Å²) in [6, 6.07) is 11.0. The highest BCUT2D eigenvalue weighted by Crippen LogP contribution is 2.31. The molecule has 1 saturated heterocycles. The fourth-order valence-corrected chi connectivity index (χ4v) is 3.23. The van der Waals surface area contributed by atoms with Crippen molar-refractivity contribution in [2.45, 2.75) is 19.5 Å². The molecule has 7 nitrogen and oxygen atoms in total. The van der Waals surface area contributed by atoms with Crippen molar-refractivity contribution >= 4 is 29.2 Å². The molecule has 1 aliphatic heterocycles. The summed E-state index contributed by atoms with van der Waals surface area (Å²) in [6.45, 7) is 1.79. The lowest BCUT2D eigenvalue weighted by atomic mass is 10.1. The zero-order chi connectivity index (χ0) is 23.3. The molecule has 0 bridgehead atoms. The molecule has 2 amide bonds. The van der Waals surface area contributed by atoms with E-state index < -0.39 is 36.1 Å². The molecule has 32 heavy (non-hydrogen) atoms. The van der Waals surface area contributed by atoms with Crippen molar-refractivity contribution in [2.75, 3.05) is 30.0 Å². The number of nitrogens with one attached hydrogen (secondary N) is 1. The summed E-state index contributed by atoms with van der Waals surface area (Å²) < 4.78 is 48.6. The molecule has 2 aromatic rings. The number of carbonyl (C=O) groups excluding carboxylic acids is 3. The van der Waals surface area contributed by atoms with Crippen LogP contribution in [0.3, 0.4) is 0 Å². The summed E-state index contributed by atoms with van der Waals surface area (Å²) in [5.41, 5.74) is -0.374. The molecule has 0 unspecified atom stereocenters. The van der Waals surface area contributed by atoms with Crippen LogP contribution in [0, 0.1) is 5.92 Å². The first-order chi connectivity index (χ1) is 15.2. The third-order valence-electron chi connectivity index (χ3n) is 4.74. The van der Waals surface area contributed by atoms with Gasteiger partial charge in [0.1, 0.15) is 5.75 Å². The number of halogens is 3. The van der Waals surface area contributed by atoms with E-state index in [-0.39, 0.29) is 24.6 Å². The standard InChI is InChI=1S/C22H21F3N2O5/c1-2-31-18-8-6-17(7-9-18)27-12-14(10-20(27)29)21(30)32-13-19(28)26-16-5-3-4-15(11-16)22(23,24)25/h3-9,11,14H,2,10,12-13H2,1H3,(H,26,28)/t14-/m1/s1. The van der Waals surface area contributed by atoms with E-state index in [1.165, 1.54) is 11.0 Å². The molecule has 1 heterocycles. The van der Waals surface area contributed by atoms with Gasteiger partial charge in [-0.05, 0) is 49.4 Å². The smallest absolute Gasteiger partial charge is 0.416 e. The van der Waals surface area contributed by atoms with Gasteiger partial charge in [-0.3, -0.25) is 14.4 Å². The van der Waals surface area contributed by atoms with E-state index in [2.05, 4.69) is 5.32 Å². The van der Waals surface area contributed by atoms with Gasteiger partial charge in [0, 0.05) is 24.3 Å². The van der Waals surface area contributed by atoms with Gasteiger partial charge in [-0.15, -0.1) is 0 Å². The first-order valence-corrected chi connectivity index (χ1v) is 9.84. The van der Waals surface area contributed by atoms with Gasteiger partial charge in [0.2, 0.25) is 5.91 Å². The minimum atomic E-state index is -4.54. The molecule has 1 aliphatic rings. The van der Waals surface area contributed by atoms with Crippen molar-refractivity contribution in [1.82, 2.24) is 0 Å². The van der Waals surface area contributed by atoms with Crippen LogP contribution in [0.2, 0.25) is 0 Å². The molecule has 3 rings (SSSR count). The molecule has 0 aliphatic carbocycles. The number of hydrogen-bond donors (Lipinski definition) is 1. The van der Waals surface area contributed by atoms with Crippen LogP contribution in [0.1, 0.15) is 18.9 Å². The van der Waals surface area contributed by atoms with E-state index in [0.29, 0.717) is 18.0 Å². The molecule has 0 aromatic heterocycles. The fraction of sp³-hybridized carbons (Fsp3) is 0.318. The monoisotopic (exact) mass is 450 g/mol. The molecule has 10 heteroatoms. The zero-order valence-electron chi connectivity index (χ0n) is 17.1. The average molecular weight is 450 g/mol. The second-order valence-corrected chi connectivity index (χ2v) is 7.07. The van der Waals surface area contributed by atoms with Crippen molar-refractivity contribution in [3.8, 4) is 5.75 Å². The Balaban J connectivity index is 1.52. The maximum atomic E-state index is 12.8. The minimum absolute atomic E-state index is 0.0682. The summed E-state index contributed by atoms with van der Waals surface area (Å²) in [7, 11) is 0. The normalized spacial score (nSPS) is 16.1. The van der Waals surface area contributed by atoms with E-state index in [0.717, 1.165) is 18.2 Å². The van der Waals surface area contributed by atoms with E-state index in [9.17, 15) is 27.6 Å². The van der Waals surface area contributed by atoms with Crippen LogP contribution < -0.4 is 15.0 Å². The molecule has 0 spiro atoms. The Labute approximate surface area is 182 Å². The number of ether oxygens (including phenoxy) is 2. The molecule has 1 N–H and O–H groups in total. The number of alkyl halides is 3. The minimum Gasteiger partial charge on any atom is -0.494 e. The van der Waals surface area contributed by atoms with Gasteiger partial charge in [-0.25, -0.2) is 0 Å². The Morgan fingerprint density at radius 2 is 1.88 bits per heavy atom. The number of nitrogens with zero attached hydrogens (tertiary/aromatic N) is 1. The summed E-state index contributed by atoms with van der Waals surface area (Å²) in [4.78, 5) is 38.0. The van der Waals surface area contributed by atoms with Crippen LogP contribution in [0.15, 0.2) is 48.5 Å². The highest BCUT2D eigenvalue weighted by molar-refractivity contribution is 6.00. The molecule has 1 fully saturated rings. The maximum absolute atomic E-state index is 12.8. The molecule has 1 atom stereocenters. The Hall–Kier alpha value is -3.56. The van der Waals surface area contributed by atoms with Crippen LogP contribution in [0.4, 0.5) is 24.5 Å². The van der Waals surface area contributed by atoms with Crippen molar-refractivity contribution < 1.29 is 37.0 Å². The first kappa shape index (κ1) is 23.1. The first-order valence-electron chi connectivity index (χ1n) is 9.84. The van der Waals surface area contributed by atoms with Gasteiger partial charge in [-0.1, -0.05) is 6.07 Å². The molecular weight excluding hydrogens is 429 g/mol. The lowest BCUT2D eigenvalue weighted by molar-refractivity contribution is -0.151. The molecule has 170 valence electrons. The molecule has 0 radical (unpaired) electrons. The van der Waals surface area contributed by atoms with Gasteiger partial charge in [-0.2, -0.15) is 13.2 Å². The van der Waals surface area contributed by atoms with Crippen LogP contribution in [-0.2, 0) is 25.3 Å². The predicted octanol–water partition coefficient (Wildman–Crippen LogP) is 3.64. The largest absolute Gasteiger partial charge is 0.494 e. The number of hydrogen-bond acceptors (Lipinski definition) is 5. The third-order valence-corrected chi connectivity index (χ3v) is 4.74. The number of amides is 2. The predicted molar refractivity (Wildman–Crippen MR) is 109 cm³/mol. The quantitative estimate of drug-likeness (QED) is 0.651. The SMILES string of the molecule is CCOc1ccc(N2C[C@H](C(=O)OCC(=O)Nc3cccc(C(F)(F)F)c3)CC2=O)cc1. The van der Waals surface area contributed by atoms with Crippen molar-refractivity contribution in [1.29, 1.82) is 0 Å². The number of anilines is 2. The Kier molecular flexibility index (Phi) is 7.01. The highest BCUT2D eigenvalue weighted by atomic mass is 19.4. The van der Waals surface area contributed by atoms with Gasteiger partial charge in [0.15, 0.2) is 6.61 Å². The van der Waals surface area contributed by atoms with Crippen molar-refractivity contribution in [3.63, 3.8) is 0 Å². The lowest BCUT2D eigenvalue weighted by Crippen LogP contribution is -2.28. The zero-order valence-corrected chi connectivity index (χ0v) is 17.1. The molecule has 0 saturated carbocycles. The van der Waals surface area contributed by atoms with Crippen molar-refractivity contribution in [3.05, 3.63) is 54.1 Å². The Morgan fingerprint density at radius 1 is 1.16 bits per heavy atom. The van der Waals surface area contributed by atoms with Gasteiger partial charge in [0.05, 0.1) is 18.1 Å². The van der Waals surface area contributed by atoms with Crippen LogP contribution in [-0.4, -0.2) is 37.5 Å². The summed E-state index contributed by atoms with van der Waals surface area (Å²) in [6.07, 6.45) is -4.61. The summed E-state index contributed by atoms with van der Waals surface area (Å²) in [5.74, 6) is -1.87. The third kappa shape index (κ3) is 5.77. The summed E-state index contributed by atoms with van der Waals surface area (Å²) in [5, 5.41) is 2.25. The highest BCUT2D eigenvalue weighted by Gasteiger charge is 2.36. The number of rotatable bonds is 7. The Morgan fingerprint density at radius 3 is 2.53 bits per heavy atom. The average Bonchev–Trinajstić information content (AvgIpc) is 3.14. The van der Waals surface area contributed by atoms with Gasteiger partial charge < -0.3 is 19.7 Å². The molecular formula is C22H21F3N2O5. The van der Waals surface area contributed by atoms with Crippen LogP contribution in [0.5, 0.6) is 5.75 Å². The Bertz CT molecular complexity index is 992. The van der Waals surface area contributed by atoms with Crippen LogP contribution >= 0.6 is 0 Å². The molecule has 2 aromatic carbocycles. The maximum Gasteiger partial charge on any atom is 0.416 e. The van der Waals surface area contributed by atoms with Crippen molar-refractivity contribution in [2.24, 2.45) is 5.92 Å². The van der Waals surface area contributed by atoms with E-state index >= 15 is 0 Å².